The van der Waals surface area contributed by atoms with Crippen molar-refractivity contribution in [3.63, 3.8) is 0 Å². The van der Waals surface area contributed by atoms with Crippen molar-refractivity contribution >= 4 is 16.0 Å². The van der Waals surface area contributed by atoms with Crippen LogP contribution in [0.4, 0.5) is 0 Å². The van der Waals surface area contributed by atoms with E-state index in [1.807, 2.05) is 0 Å². The first-order valence-electron chi connectivity index (χ1n) is 6.70. The van der Waals surface area contributed by atoms with Gasteiger partial charge in [-0.1, -0.05) is 6.07 Å². The van der Waals surface area contributed by atoms with Gasteiger partial charge in [-0.15, -0.1) is 0 Å². The summed E-state index contributed by atoms with van der Waals surface area (Å²) in [5, 5.41) is 18.9. The molecule has 6 nitrogen and oxygen atoms in total. The highest BCUT2D eigenvalue weighted by Gasteiger charge is 2.34. The SMILES string of the molecule is Cc1ccc(C(=O)O)cc1S(=O)(=O)N1CCC(C)(O)CC1. The Balaban J connectivity index is 2.36. The number of hydrogen-bond acceptors (Lipinski definition) is 4. The Morgan fingerprint density at radius 1 is 1.29 bits per heavy atom. The molecule has 2 N–H and O–H groups in total. The molecule has 7 heteroatoms. The smallest absolute Gasteiger partial charge is 0.335 e. The molecule has 0 unspecified atom stereocenters. The predicted octanol–water partition coefficient (Wildman–Crippen LogP) is 1.23. The standard InChI is InChI=1S/C14H19NO5S/c1-10-3-4-11(13(16)17)9-12(10)21(19,20)15-7-5-14(2,18)6-8-15/h3-4,9,18H,5-8H2,1-2H3,(H,16,17). The van der Waals surface area contributed by atoms with Crippen molar-refractivity contribution in [2.24, 2.45) is 0 Å². The number of aryl methyl sites for hydroxylation is 1. The largest absolute Gasteiger partial charge is 0.478 e. The number of hydrogen-bond donors (Lipinski definition) is 2. The van der Waals surface area contributed by atoms with Crippen LogP contribution in [0.25, 0.3) is 0 Å². The molecule has 1 aliphatic heterocycles. The first kappa shape index (κ1) is 15.9. The highest BCUT2D eigenvalue weighted by Crippen LogP contribution is 2.28. The molecule has 0 spiro atoms. The van der Waals surface area contributed by atoms with Crippen LogP contribution in [0, 0.1) is 6.92 Å². The molecule has 1 saturated heterocycles. The molecule has 21 heavy (non-hydrogen) atoms. The molecule has 2 rings (SSSR count). The molecule has 0 radical (unpaired) electrons. The van der Waals surface area contributed by atoms with E-state index in [9.17, 15) is 18.3 Å². The molecule has 0 bridgehead atoms. The van der Waals surface area contributed by atoms with Crippen LogP contribution in [0.15, 0.2) is 23.1 Å². The predicted molar refractivity (Wildman–Crippen MR) is 76.8 cm³/mol. The molecular weight excluding hydrogens is 294 g/mol. The van der Waals surface area contributed by atoms with Crippen LogP contribution < -0.4 is 0 Å². The van der Waals surface area contributed by atoms with E-state index in [1.54, 1.807) is 13.8 Å². The van der Waals surface area contributed by atoms with E-state index in [2.05, 4.69) is 0 Å². The molecule has 116 valence electrons. The number of rotatable bonds is 3. The van der Waals surface area contributed by atoms with Crippen molar-refractivity contribution in [1.82, 2.24) is 4.31 Å². The first-order chi connectivity index (χ1) is 9.63. The number of carbonyl (C=O) groups is 1. The quantitative estimate of drug-likeness (QED) is 0.875. The Labute approximate surface area is 124 Å². The number of piperidine rings is 1. The average Bonchev–Trinajstić information content (AvgIpc) is 2.38. The van der Waals surface area contributed by atoms with Crippen LogP contribution in [0.5, 0.6) is 0 Å². The lowest BCUT2D eigenvalue weighted by Gasteiger charge is -2.35. The Morgan fingerprint density at radius 2 is 1.86 bits per heavy atom. The molecule has 1 aromatic rings. The normalized spacial score (nSPS) is 19.4. The maximum atomic E-state index is 12.6. The van der Waals surface area contributed by atoms with E-state index in [0.29, 0.717) is 18.4 Å². The number of carboxylic acids is 1. The zero-order chi connectivity index (χ0) is 15.8. The zero-order valence-corrected chi connectivity index (χ0v) is 12.9. The molecule has 0 atom stereocenters. The third kappa shape index (κ3) is 3.25. The molecule has 0 saturated carbocycles. The van der Waals surface area contributed by atoms with Crippen LogP contribution in [-0.2, 0) is 10.0 Å². The minimum absolute atomic E-state index is 0.0175. The molecule has 1 fully saturated rings. The number of carboxylic acid groups (broad SMARTS) is 1. The van der Waals surface area contributed by atoms with E-state index < -0.39 is 21.6 Å². The molecule has 0 aliphatic carbocycles. The second-order valence-corrected chi connectivity index (χ2v) is 7.59. The summed E-state index contributed by atoms with van der Waals surface area (Å²) in [7, 11) is -3.74. The van der Waals surface area contributed by atoms with Crippen molar-refractivity contribution in [2.75, 3.05) is 13.1 Å². The summed E-state index contributed by atoms with van der Waals surface area (Å²) in [6, 6.07) is 4.08. The Morgan fingerprint density at radius 3 is 2.38 bits per heavy atom. The maximum absolute atomic E-state index is 12.6. The average molecular weight is 313 g/mol. The number of aliphatic hydroxyl groups is 1. The van der Waals surface area contributed by atoms with Crippen molar-refractivity contribution in [1.29, 1.82) is 0 Å². The fourth-order valence-electron chi connectivity index (χ4n) is 2.36. The molecule has 1 aromatic carbocycles. The van der Waals surface area contributed by atoms with Gasteiger partial charge in [0.25, 0.3) is 0 Å². The van der Waals surface area contributed by atoms with E-state index in [4.69, 9.17) is 5.11 Å². The molecule has 1 heterocycles. The second-order valence-electron chi connectivity index (χ2n) is 5.69. The van der Waals surface area contributed by atoms with E-state index in [-0.39, 0.29) is 23.5 Å². The lowest BCUT2D eigenvalue weighted by atomic mass is 9.95. The van der Waals surface area contributed by atoms with Crippen LogP contribution in [0.2, 0.25) is 0 Å². The second kappa shape index (κ2) is 5.40. The van der Waals surface area contributed by atoms with Gasteiger partial charge >= 0.3 is 5.97 Å². The minimum atomic E-state index is -3.74. The summed E-state index contributed by atoms with van der Waals surface area (Å²) < 4.78 is 26.6. The monoisotopic (exact) mass is 313 g/mol. The molecule has 0 aromatic heterocycles. The van der Waals surface area contributed by atoms with Gasteiger partial charge < -0.3 is 10.2 Å². The third-order valence-corrected chi connectivity index (χ3v) is 5.89. The van der Waals surface area contributed by atoms with Gasteiger partial charge in [0.2, 0.25) is 10.0 Å². The number of sulfonamides is 1. The van der Waals surface area contributed by atoms with Gasteiger partial charge in [0.15, 0.2) is 0 Å². The highest BCUT2D eigenvalue weighted by atomic mass is 32.2. The van der Waals surface area contributed by atoms with Crippen LogP contribution in [0.3, 0.4) is 0 Å². The van der Waals surface area contributed by atoms with Gasteiger partial charge in [0.1, 0.15) is 0 Å². The van der Waals surface area contributed by atoms with Gasteiger partial charge in [0.05, 0.1) is 16.1 Å². The minimum Gasteiger partial charge on any atom is -0.478 e. The summed E-state index contributed by atoms with van der Waals surface area (Å²) in [5.41, 5.74) is -0.384. The Kier molecular flexibility index (Phi) is 4.10. The lowest BCUT2D eigenvalue weighted by Crippen LogP contribution is -2.45. The van der Waals surface area contributed by atoms with Gasteiger partial charge in [-0.05, 0) is 44.4 Å². The Bertz CT molecular complexity index is 656. The van der Waals surface area contributed by atoms with Crippen molar-refractivity contribution < 1.29 is 23.4 Å². The van der Waals surface area contributed by atoms with Crippen LogP contribution in [-0.4, -0.2) is 47.6 Å². The van der Waals surface area contributed by atoms with Gasteiger partial charge in [-0.3, -0.25) is 0 Å². The molecule has 1 aliphatic rings. The topological polar surface area (TPSA) is 94.9 Å². The van der Waals surface area contributed by atoms with Gasteiger partial charge in [-0.25, -0.2) is 13.2 Å². The summed E-state index contributed by atoms with van der Waals surface area (Å²) in [4.78, 5) is 11.0. The van der Waals surface area contributed by atoms with Gasteiger partial charge in [0, 0.05) is 13.1 Å². The van der Waals surface area contributed by atoms with Gasteiger partial charge in [-0.2, -0.15) is 4.31 Å². The van der Waals surface area contributed by atoms with Crippen LogP contribution >= 0.6 is 0 Å². The number of benzene rings is 1. The van der Waals surface area contributed by atoms with E-state index in [1.165, 1.54) is 22.5 Å². The third-order valence-electron chi connectivity index (χ3n) is 3.85. The number of aromatic carboxylic acids is 1. The lowest BCUT2D eigenvalue weighted by molar-refractivity contribution is 0.0126. The highest BCUT2D eigenvalue weighted by molar-refractivity contribution is 7.89. The van der Waals surface area contributed by atoms with Crippen molar-refractivity contribution in [3.8, 4) is 0 Å². The summed E-state index contributed by atoms with van der Waals surface area (Å²) in [6.45, 7) is 3.78. The molecule has 0 amide bonds. The summed E-state index contributed by atoms with van der Waals surface area (Å²) in [6.07, 6.45) is 0.730. The fourth-order valence-corrected chi connectivity index (χ4v) is 4.05. The molecular formula is C14H19NO5S. The zero-order valence-electron chi connectivity index (χ0n) is 12.0. The van der Waals surface area contributed by atoms with Crippen molar-refractivity contribution in [3.05, 3.63) is 29.3 Å². The van der Waals surface area contributed by atoms with E-state index in [0.717, 1.165) is 0 Å². The number of nitrogens with zero attached hydrogens (tertiary/aromatic N) is 1. The fraction of sp³-hybridized carbons (Fsp3) is 0.500. The first-order valence-corrected chi connectivity index (χ1v) is 8.14. The Hall–Kier alpha value is -1.44. The van der Waals surface area contributed by atoms with Crippen molar-refractivity contribution in [2.45, 2.75) is 37.2 Å². The van der Waals surface area contributed by atoms with E-state index >= 15 is 0 Å². The van der Waals surface area contributed by atoms with Crippen LogP contribution in [0.1, 0.15) is 35.7 Å². The maximum Gasteiger partial charge on any atom is 0.335 e. The summed E-state index contributed by atoms with van der Waals surface area (Å²) >= 11 is 0. The summed E-state index contributed by atoms with van der Waals surface area (Å²) in [5.74, 6) is -1.16.